The lowest BCUT2D eigenvalue weighted by Crippen LogP contribution is -2.24. The third-order valence-electron chi connectivity index (χ3n) is 2.16. The van der Waals surface area contributed by atoms with Crippen LogP contribution in [-0.4, -0.2) is 15.5 Å². The van der Waals surface area contributed by atoms with Crippen molar-refractivity contribution >= 4 is 10.0 Å². The van der Waals surface area contributed by atoms with Crippen LogP contribution in [0.5, 0.6) is 0 Å². The Labute approximate surface area is 87.2 Å². The number of hydrogen-bond donors (Lipinski definition) is 1. The van der Waals surface area contributed by atoms with Crippen molar-refractivity contribution in [1.82, 2.24) is 4.72 Å². The van der Waals surface area contributed by atoms with Crippen molar-refractivity contribution in [2.75, 3.05) is 7.05 Å². The number of benzene rings is 1. The zero-order chi connectivity index (χ0) is 11.6. The van der Waals surface area contributed by atoms with Crippen LogP contribution in [0.2, 0.25) is 0 Å². The summed E-state index contributed by atoms with van der Waals surface area (Å²) in [5.41, 5.74) is 0.211. The molecule has 0 aliphatic rings. The monoisotopic (exact) mass is 235 g/mol. The molecule has 6 heteroatoms. The predicted octanol–water partition coefficient (Wildman–Crippen LogP) is 1.57. The fourth-order valence-electron chi connectivity index (χ4n) is 1.12. The van der Waals surface area contributed by atoms with Gasteiger partial charge in [-0.15, -0.1) is 0 Å². The van der Waals surface area contributed by atoms with E-state index in [-0.39, 0.29) is 5.56 Å². The first-order valence-electron chi connectivity index (χ1n) is 4.26. The molecule has 15 heavy (non-hydrogen) atoms. The van der Waals surface area contributed by atoms with Crippen LogP contribution in [0.3, 0.4) is 0 Å². The Morgan fingerprint density at radius 2 is 1.87 bits per heavy atom. The first kappa shape index (κ1) is 12.1. The molecule has 0 saturated heterocycles. The molecule has 0 amide bonds. The van der Waals surface area contributed by atoms with E-state index in [1.807, 2.05) is 0 Å². The highest BCUT2D eigenvalue weighted by molar-refractivity contribution is 7.89. The molecule has 1 rings (SSSR count). The van der Waals surface area contributed by atoms with Crippen molar-refractivity contribution in [3.05, 3.63) is 35.4 Å². The standard InChI is InChI=1S/C9H11F2NO2S/c1-6(15(13,14)12-2)7-3-4-8(10)9(11)5-7/h3-6,12H,1-2H3. The van der Waals surface area contributed by atoms with E-state index in [9.17, 15) is 17.2 Å². The van der Waals surface area contributed by atoms with Gasteiger partial charge in [0.05, 0.1) is 5.25 Å². The fraction of sp³-hybridized carbons (Fsp3) is 0.333. The van der Waals surface area contributed by atoms with Crippen molar-refractivity contribution in [1.29, 1.82) is 0 Å². The summed E-state index contributed by atoms with van der Waals surface area (Å²) in [5.74, 6) is -2.04. The molecule has 0 spiro atoms. The molecule has 0 aliphatic carbocycles. The molecule has 0 bridgehead atoms. The van der Waals surface area contributed by atoms with Gasteiger partial charge in [0.1, 0.15) is 0 Å². The third kappa shape index (κ3) is 2.51. The summed E-state index contributed by atoms with van der Waals surface area (Å²) >= 11 is 0. The number of halogens is 2. The lowest BCUT2D eigenvalue weighted by Gasteiger charge is -2.12. The van der Waals surface area contributed by atoms with Crippen LogP contribution in [0.1, 0.15) is 17.7 Å². The van der Waals surface area contributed by atoms with Crippen LogP contribution in [0.15, 0.2) is 18.2 Å². The molecule has 84 valence electrons. The Kier molecular flexibility index (Phi) is 3.41. The van der Waals surface area contributed by atoms with Crippen LogP contribution in [0.4, 0.5) is 8.78 Å². The van der Waals surface area contributed by atoms with Crippen LogP contribution in [0, 0.1) is 11.6 Å². The Bertz CT molecular complexity index is 459. The van der Waals surface area contributed by atoms with Crippen molar-refractivity contribution < 1.29 is 17.2 Å². The second-order valence-corrected chi connectivity index (χ2v) is 5.27. The topological polar surface area (TPSA) is 46.2 Å². The quantitative estimate of drug-likeness (QED) is 0.864. The second-order valence-electron chi connectivity index (χ2n) is 3.06. The van der Waals surface area contributed by atoms with Crippen LogP contribution in [-0.2, 0) is 10.0 Å². The highest BCUT2D eigenvalue weighted by atomic mass is 32.2. The minimum atomic E-state index is -3.52. The van der Waals surface area contributed by atoms with Gasteiger partial charge < -0.3 is 0 Å². The van der Waals surface area contributed by atoms with Crippen molar-refractivity contribution in [2.45, 2.75) is 12.2 Å². The molecule has 0 aliphatic heterocycles. The Morgan fingerprint density at radius 1 is 1.27 bits per heavy atom. The minimum absolute atomic E-state index is 0.211. The van der Waals surface area contributed by atoms with Gasteiger partial charge in [-0.2, -0.15) is 0 Å². The van der Waals surface area contributed by atoms with E-state index in [1.54, 1.807) is 0 Å². The maximum atomic E-state index is 12.8. The molecule has 1 atom stereocenters. The Hall–Kier alpha value is -1.01. The molecule has 1 unspecified atom stereocenters. The lowest BCUT2D eigenvalue weighted by molar-refractivity contribution is 0.506. The summed E-state index contributed by atoms with van der Waals surface area (Å²) in [5, 5.41) is -0.919. The average molecular weight is 235 g/mol. The summed E-state index contributed by atoms with van der Waals surface area (Å²) in [6, 6.07) is 3.04. The highest BCUT2D eigenvalue weighted by Crippen LogP contribution is 2.22. The maximum absolute atomic E-state index is 12.8. The number of rotatable bonds is 3. The maximum Gasteiger partial charge on any atom is 0.218 e. The van der Waals surface area contributed by atoms with E-state index < -0.39 is 26.9 Å². The zero-order valence-electron chi connectivity index (χ0n) is 8.29. The van der Waals surface area contributed by atoms with Crippen molar-refractivity contribution in [3.8, 4) is 0 Å². The Balaban J connectivity index is 3.13. The van der Waals surface area contributed by atoms with Gasteiger partial charge in [0, 0.05) is 0 Å². The lowest BCUT2D eigenvalue weighted by atomic mass is 10.1. The number of nitrogens with one attached hydrogen (secondary N) is 1. The number of sulfonamides is 1. The van der Waals surface area contributed by atoms with Gasteiger partial charge >= 0.3 is 0 Å². The van der Waals surface area contributed by atoms with Gasteiger partial charge in [0.15, 0.2) is 11.6 Å². The van der Waals surface area contributed by atoms with Gasteiger partial charge in [-0.25, -0.2) is 21.9 Å². The van der Waals surface area contributed by atoms with E-state index in [4.69, 9.17) is 0 Å². The van der Waals surface area contributed by atoms with E-state index in [0.29, 0.717) is 0 Å². The third-order valence-corrected chi connectivity index (χ3v) is 3.94. The fourth-order valence-corrected chi connectivity index (χ4v) is 1.98. The largest absolute Gasteiger partial charge is 0.218 e. The molecule has 0 aromatic heterocycles. The second kappa shape index (κ2) is 4.24. The molecule has 0 radical (unpaired) electrons. The molecular formula is C9H11F2NO2S. The normalized spacial score (nSPS) is 13.9. The average Bonchev–Trinajstić information content (AvgIpc) is 2.21. The highest BCUT2D eigenvalue weighted by Gasteiger charge is 2.21. The van der Waals surface area contributed by atoms with Crippen LogP contribution < -0.4 is 4.72 Å². The summed E-state index contributed by atoms with van der Waals surface area (Å²) in [7, 11) is -2.25. The number of hydrogen-bond acceptors (Lipinski definition) is 2. The molecule has 0 fully saturated rings. The molecule has 1 aromatic carbocycles. The molecule has 0 saturated carbocycles. The van der Waals surface area contributed by atoms with Gasteiger partial charge in [-0.1, -0.05) is 6.07 Å². The molecule has 3 nitrogen and oxygen atoms in total. The minimum Gasteiger partial charge on any atom is -0.218 e. The van der Waals surface area contributed by atoms with E-state index in [1.165, 1.54) is 20.0 Å². The molecule has 1 N–H and O–H groups in total. The summed E-state index contributed by atoms with van der Waals surface area (Å²) in [6.07, 6.45) is 0. The first-order chi connectivity index (χ1) is 6.88. The smallest absolute Gasteiger partial charge is 0.218 e. The summed E-state index contributed by atoms with van der Waals surface area (Å²) in [4.78, 5) is 0. The van der Waals surface area contributed by atoms with E-state index in [0.717, 1.165) is 12.1 Å². The van der Waals surface area contributed by atoms with Gasteiger partial charge in [0.25, 0.3) is 0 Å². The van der Waals surface area contributed by atoms with Gasteiger partial charge in [-0.05, 0) is 31.7 Å². The summed E-state index contributed by atoms with van der Waals surface area (Å²) < 4.78 is 50.3. The van der Waals surface area contributed by atoms with Crippen molar-refractivity contribution in [3.63, 3.8) is 0 Å². The molecular weight excluding hydrogens is 224 g/mol. The van der Waals surface area contributed by atoms with E-state index >= 15 is 0 Å². The predicted molar refractivity (Wildman–Crippen MR) is 52.8 cm³/mol. The Morgan fingerprint density at radius 3 is 2.33 bits per heavy atom. The summed E-state index contributed by atoms with van der Waals surface area (Å²) in [6.45, 7) is 1.40. The van der Waals surface area contributed by atoms with Crippen molar-refractivity contribution in [2.24, 2.45) is 0 Å². The van der Waals surface area contributed by atoms with Gasteiger partial charge in [0.2, 0.25) is 10.0 Å². The molecule has 1 aromatic rings. The first-order valence-corrected chi connectivity index (χ1v) is 5.80. The van der Waals surface area contributed by atoms with Crippen LogP contribution in [0.25, 0.3) is 0 Å². The SMILES string of the molecule is CNS(=O)(=O)C(C)c1ccc(F)c(F)c1. The van der Waals surface area contributed by atoms with Crippen LogP contribution >= 0.6 is 0 Å². The molecule has 0 heterocycles. The van der Waals surface area contributed by atoms with E-state index in [2.05, 4.69) is 4.72 Å². The van der Waals surface area contributed by atoms with Gasteiger partial charge in [-0.3, -0.25) is 0 Å². The zero-order valence-corrected chi connectivity index (χ0v) is 9.11.